The van der Waals surface area contributed by atoms with Crippen molar-refractivity contribution in [2.24, 2.45) is 7.05 Å². The van der Waals surface area contributed by atoms with E-state index in [1.54, 1.807) is 11.8 Å². The number of likely N-dealkylation sites (N-methyl/N-ethyl adjacent to an activating group) is 1. The number of aromatic nitrogens is 3. The molecule has 0 amide bonds. The molecule has 3 aromatic rings. The normalized spacial score (nSPS) is 12.3. The molecule has 0 N–H and O–H groups in total. The summed E-state index contributed by atoms with van der Waals surface area (Å²) in [5, 5.41) is 9.65. The van der Waals surface area contributed by atoms with Gasteiger partial charge in [-0.3, -0.25) is 4.90 Å². The number of benzene rings is 2. The molecular weight excluding hydrogens is 368 g/mol. The van der Waals surface area contributed by atoms with Gasteiger partial charge in [0.05, 0.1) is 13.2 Å². The van der Waals surface area contributed by atoms with Crippen LogP contribution in [0.5, 0.6) is 5.75 Å². The Morgan fingerprint density at radius 3 is 2.43 bits per heavy atom. The zero-order valence-corrected chi connectivity index (χ0v) is 17.6. The van der Waals surface area contributed by atoms with E-state index >= 15 is 0 Å². The molecule has 0 aliphatic carbocycles. The number of hydrogen-bond acceptors (Lipinski definition) is 5. The standard InChI is InChI=1S/C22H28N4OS/c1-18(19-10-6-4-7-11-19)16-25(2)17-21-23-24-22(26(21)3)28-15-14-27-20-12-8-5-9-13-20/h4-13,18H,14-17H2,1-3H3. The van der Waals surface area contributed by atoms with Gasteiger partial charge in [-0.2, -0.15) is 0 Å². The van der Waals surface area contributed by atoms with Crippen LogP contribution in [0, 0.1) is 0 Å². The monoisotopic (exact) mass is 396 g/mol. The number of hydrogen-bond donors (Lipinski definition) is 0. The summed E-state index contributed by atoms with van der Waals surface area (Å²) in [4.78, 5) is 2.30. The minimum absolute atomic E-state index is 0.475. The summed E-state index contributed by atoms with van der Waals surface area (Å²) < 4.78 is 7.82. The third-order valence-electron chi connectivity index (χ3n) is 4.62. The van der Waals surface area contributed by atoms with E-state index in [4.69, 9.17) is 4.74 Å². The van der Waals surface area contributed by atoms with E-state index in [9.17, 15) is 0 Å². The quantitative estimate of drug-likeness (QED) is 0.379. The van der Waals surface area contributed by atoms with Crippen molar-refractivity contribution in [3.05, 3.63) is 72.1 Å². The van der Waals surface area contributed by atoms with E-state index in [0.29, 0.717) is 12.5 Å². The maximum absolute atomic E-state index is 5.74. The van der Waals surface area contributed by atoms with Crippen LogP contribution in [0.15, 0.2) is 65.8 Å². The molecule has 0 aliphatic rings. The van der Waals surface area contributed by atoms with Crippen molar-refractivity contribution >= 4 is 11.8 Å². The van der Waals surface area contributed by atoms with Crippen molar-refractivity contribution in [3.63, 3.8) is 0 Å². The number of thioether (sulfide) groups is 1. The number of rotatable bonds is 10. The minimum Gasteiger partial charge on any atom is -0.493 e. The van der Waals surface area contributed by atoms with Crippen LogP contribution >= 0.6 is 11.8 Å². The molecule has 0 bridgehead atoms. The molecule has 3 rings (SSSR count). The Labute approximate surface area is 171 Å². The van der Waals surface area contributed by atoms with Crippen molar-refractivity contribution in [1.29, 1.82) is 0 Å². The first kappa shape index (κ1) is 20.4. The molecule has 5 nitrogen and oxygen atoms in total. The van der Waals surface area contributed by atoms with Gasteiger partial charge in [0.25, 0.3) is 0 Å². The Morgan fingerprint density at radius 2 is 1.71 bits per heavy atom. The van der Waals surface area contributed by atoms with Crippen LogP contribution in [-0.4, -0.2) is 45.6 Å². The number of ether oxygens (including phenoxy) is 1. The van der Waals surface area contributed by atoms with Gasteiger partial charge >= 0.3 is 0 Å². The second-order valence-corrected chi connectivity index (χ2v) is 8.04. The maximum atomic E-state index is 5.74. The van der Waals surface area contributed by atoms with Gasteiger partial charge in [0.2, 0.25) is 0 Å². The van der Waals surface area contributed by atoms with Crippen molar-refractivity contribution in [2.45, 2.75) is 24.5 Å². The molecule has 0 saturated carbocycles. The summed E-state index contributed by atoms with van der Waals surface area (Å²) in [5.41, 5.74) is 1.36. The molecular formula is C22H28N4OS. The van der Waals surface area contributed by atoms with Crippen LogP contribution in [-0.2, 0) is 13.6 Å². The van der Waals surface area contributed by atoms with Gasteiger partial charge in [-0.15, -0.1) is 10.2 Å². The lowest BCUT2D eigenvalue weighted by atomic mass is 10.0. The van der Waals surface area contributed by atoms with Crippen LogP contribution in [0.4, 0.5) is 0 Å². The van der Waals surface area contributed by atoms with Crippen LogP contribution in [0.2, 0.25) is 0 Å². The van der Waals surface area contributed by atoms with Gasteiger partial charge in [0.1, 0.15) is 11.6 Å². The van der Waals surface area contributed by atoms with Gasteiger partial charge in [-0.25, -0.2) is 0 Å². The van der Waals surface area contributed by atoms with Gasteiger partial charge in [0, 0.05) is 19.3 Å². The maximum Gasteiger partial charge on any atom is 0.191 e. The van der Waals surface area contributed by atoms with E-state index in [1.807, 2.05) is 37.4 Å². The van der Waals surface area contributed by atoms with Crippen LogP contribution < -0.4 is 4.74 Å². The van der Waals surface area contributed by atoms with Gasteiger partial charge in [0.15, 0.2) is 5.16 Å². The Hall–Kier alpha value is -2.31. The number of nitrogens with zero attached hydrogens (tertiary/aromatic N) is 4. The first-order valence-electron chi connectivity index (χ1n) is 9.56. The van der Waals surface area contributed by atoms with E-state index < -0.39 is 0 Å². The Balaban J connectivity index is 1.46. The molecule has 2 aromatic carbocycles. The zero-order valence-electron chi connectivity index (χ0n) is 16.8. The smallest absolute Gasteiger partial charge is 0.191 e. The molecule has 1 aromatic heterocycles. The average molecular weight is 397 g/mol. The third-order valence-corrected chi connectivity index (χ3v) is 5.60. The second-order valence-electron chi connectivity index (χ2n) is 6.98. The van der Waals surface area contributed by atoms with E-state index in [2.05, 4.69) is 64.0 Å². The molecule has 0 aliphatic heterocycles. The van der Waals surface area contributed by atoms with Crippen molar-refractivity contribution in [1.82, 2.24) is 19.7 Å². The number of para-hydroxylation sites is 1. The molecule has 0 saturated heterocycles. The Morgan fingerprint density at radius 1 is 1.04 bits per heavy atom. The highest BCUT2D eigenvalue weighted by Gasteiger charge is 2.14. The molecule has 148 valence electrons. The fourth-order valence-corrected chi connectivity index (χ4v) is 3.82. The topological polar surface area (TPSA) is 43.2 Å². The highest BCUT2D eigenvalue weighted by Crippen LogP contribution is 2.19. The van der Waals surface area contributed by atoms with Crippen LogP contribution in [0.25, 0.3) is 0 Å². The predicted molar refractivity (Wildman–Crippen MR) is 115 cm³/mol. The SMILES string of the molecule is CC(CN(C)Cc1nnc(SCCOc2ccccc2)n1C)c1ccccc1. The fraction of sp³-hybridized carbons (Fsp3) is 0.364. The molecule has 6 heteroatoms. The van der Waals surface area contributed by atoms with E-state index in [-0.39, 0.29) is 0 Å². The van der Waals surface area contributed by atoms with Gasteiger partial charge < -0.3 is 9.30 Å². The van der Waals surface area contributed by atoms with Crippen LogP contribution in [0.1, 0.15) is 24.2 Å². The summed E-state index contributed by atoms with van der Waals surface area (Å²) in [5.74, 6) is 3.19. The highest BCUT2D eigenvalue weighted by atomic mass is 32.2. The molecule has 1 heterocycles. The molecule has 0 fully saturated rings. The highest BCUT2D eigenvalue weighted by molar-refractivity contribution is 7.99. The summed E-state index contributed by atoms with van der Waals surface area (Å²) >= 11 is 1.67. The van der Waals surface area contributed by atoms with Crippen molar-refractivity contribution in [3.8, 4) is 5.75 Å². The summed E-state index contributed by atoms with van der Waals surface area (Å²) in [6.45, 7) is 4.66. The van der Waals surface area contributed by atoms with Crippen molar-refractivity contribution in [2.75, 3.05) is 26.0 Å². The van der Waals surface area contributed by atoms with Gasteiger partial charge in [-0.1, -0.05) is 67.2 Å². The largest absolute Gasteiger partial charge is 0.493 e. The molecule has 1 atom stereocenters. The minimum atomic E-state index is 0.475. The first-order chi connectivity index (χ1) is 13.6. The fourth-order valence-electron chi connectivity index (χ4n) is 3.08. The average Bonchev–Trinajstić information content (AvgIpc) is 3.06. The van der Waals surface area contributed by atoms with E-state index in [0.717, 1.165) is 35.6 Å². The molecule has 1 unspecified atom stereocenters. The Bertz CT molecular complexity index is 838. The first-order valence-corrected chi connectivity index (χ1v) is 10.5. The molecule has 28 heavy (non-hydrogen) atoms. The zero-order chi connectivity index (χ0) is 19.8. The Kier molecular flexibility index (Phi) is 7.51. The second kappa shape index (κ2) is 10.3. The van der Waals surface area contributed by atoms with Gasteiger partial charge in [-0.05, 0) is 30.7 Å². The third kappa shape index (κ3) is 5.84. The predicted octanol–water partition coefficient (Wildman–Crippen LogP) is 4.22. The lowest BCUT2D eigenvalue weighted by Gasteiger charge is -2.21. The molecule has 0 spiro atoms. The molecule has 0 radical (unpaired) electrons. The summed E-state index contributed by atoms with van der Waals surface area (Å²) in [6.07, 6.45) is 0. The summed E-state index contributed by atoms with van der Waals surface area (Å²) in [6, 6.07) is 20.5. The van der Waals surface area contributed by atoms with Crippen LogP contribution in [0.3, 0.4) is 0 Å². The van der Waals surface area contributed by atoms with Crippen molar-refractivity contribution < 1.29 is 4.74 Å². The summed E-state index contributed by atoms with van der Waals surface area (Å²) in [7, 11) is 4.17. The van der Waals surface area contributed by atoms with E-state index in [1.165, 1.54) is 5.56 Å². The lowest BCUT2D eigenvalue weighted by molar-refractivity contribution is 0.298. The lowest BCUT2D eigenvalue weighted by Crippen LogP contribution is -2.24.